The van der Waals surface area contributed by atoms with Crippen molar-refractivity contribution in [1.82, 2.24) is 9.71 Å². The molecule has 4 rings (SSSR count). The Morgan fingerprint density at radius 3 is 2.35 bits per heavy atom. The number of hydrogen-bond acceptors (Lipinski definition) is 5. The largest absolute Gasteiger partial charge is 0.256 e. The number of hydrazone groups is 1. The van der Waals surface area contributed by atoms with E-state index in [-0.39, 0.29) is 35.0 Å². The molecule has 2 heterocycles. The van der Waals surface area contributed by atoms with Crippen LogP contribution in [0.2, 0.25) is 20.2 Å². The number of rotatable bonds is 6. The van der Waals surface area contributed by atoms with Crippen LogP contribution in [0.1, 0.15) is 18.0 Å². The van der Waals surface area contributed by atoms with Crippen LogP contribution in [0.15, 0.2) is 69.2 Å². The standard InChI is InChI=1S/C21H15BrCl4N4O2S.ClH/c22-17-9-16(11-27-21(17)26)33(31,32)28-10-15-8-20(12-1-3-13(23)4-2-12)30(29-15)19-6-5-14(24)7-18(19)25;/h1-7,9,11,20,28H,8,10H2;1H. The molecule has 3 aromatic rings. The van der Waals surface area contributed by atoms with Crippen LogP contribution in [0.4, 0.5) is 5.69 Å². The topological polar surface area (TPSA) is 74.7 Å². The highest BCUT2D eigenvalue weighted by Gasteiger charge is 2.31. The average molecular weight is 646 g/mol. The first-order valence-corrected chi connectivity index (χ1v) is 13.3. The van der Waals surface area contributed by atoms with Gasteiger partial charge in [0.2, 0.25) is 10.0 Å². The van der Waals surface area contributed by atoms with Gasteiger partial charge < -0.3 is 0 Å². The number of nitrogens with one attached hydrogen (secondary N) is 1. The van der Waals surface area contributed by atoms with Gasteiger partial charge in [0.25, 0.3) is 0 Å². The second-order valence-electron chi connectivity index (χ2n) is 7.15. The minimum absolute atomic E-state index is 0. The van der Waals surface area contributed by atoms with E-state index in [9.17, 15) is 8.42 Å². The fourth-order valence-corrected chi connectivity index (χ4v) is 5.54. The lowest BCUT2D eigenvalue weighted by Gasteiger charge is -2.25. The normalized spacial score (nSPS) is 15.7. The molecule has 0 amide bonds. The second kappa shape index (κ2) is 11.3. The van der Waals surface area contributed by atoms with Crippen molar-refractivity contribution in [3.63, 3.8) is 0 Å². The summed E-state index contributed by atoms with van der Waals surface area (Å²) in [6, 6.07) is 13.7. The lowest BCUT2D eigenvalue weighted by molar-refractivity contribution is 0.585. The molecule has 0 saturated heterocycles. The van der Waals surface area contributed by atoms with Gasteiger partial charge in [0, 0.05) is 22.7 Å². The fraction of sp³-hybridized carbons (Fsp3) is 0.143. The summed E-state index contributed by atoms with van der Waals surface area (Å²) in [4.78, 5) is 3.87. The number of pyridine rings is 1. The summed E-state index contributed by atoms with van der Waals surface area (Å²) >= 11 is 27.6. The van der Waals surface area contributed by atoms with Gasteiger partial charge in [-0.05, 0) is 57.9 Å². The molecule has 1 aliphatic rings. The van der Waals surface area contributed by atoms with Crippen LogP contribution < -0.4 is 9.73 Å². The molecule has 180 valence electrons. The van der Waals surface area contributed by atoms with Gasteiger partial charge in [0.15, 0.2) is 0 Å². The summed E-state index contributed by atoms with van der Waals surface area (Å²) in [7, 11) is -3.83. The molecule has 0 radical (unpaired) electrons. The highest BCUT2D eigenvalue weighted by atomic mass is 79.9. The van der Waals surface area contributed by atoms with Crippen molar-refractivity contribution >= 4 is 96.2 Å². The Morgan fingerprint density at radius 2 is 1.71 bits per heavy atom. The SMILES string of the molecule is Cl.O=S(=O)(NCC1=NN(c2ccc(Cl)cc2Cl)C(c2ccc(Cl)cc2)C1)c1cnc(Cl)c(Br)c1. The molecule has 2 aromatic carbocycles. The van der Waals surface area contributed by atoms with E-state index in [1.807, 2.05) is 12.1 Å². The summed E-state index contributed by atoms with van der Waals surface area (Å²) < 4.78 is 28.5. The zero-order valence-corrected chi connectivity index (χ0v) is 23.3. The predicted octanol–water partition coefficient (Wildman–Crippen LogP) is 7.17. The number of halogens is 6. The minimum atomic E-state index is -3.83. The van der Waals surface area contributed by atoms with Crippen molar-refractivity contribution in [2.24, 2.45) is 5.10 Å². The van der Waals surface area contributed by atoms with E-state index >= 15 is 0 Å². The highest BCUT2D eigenvalue weighted by Crippen LogP contribution is 2.39. The van der Waals surface area contributed by atoms with Crippen LogP contribution in [0.3, 0.4) is 0 Å². The summed E-state index contributed by atoms with van der Waals surface area (Å²) in [5.41, 5.74) is 2.24. The number of aromatic nitrogens is 1. The third kappa shape index (κ3) is 6.17. The number of nitrogens with zero attached hydrogens (tertiary/aromatic N) is 3. The van der Waals surface area contributed by atoms with Crippen molar-refractivity contribution in [3.8, 4) is 0 Å². The van der Waals surface area contributed by atoms with Gasteiger partial charge in [-0.25, -0.2) is 18.1 Å². The monoisotopic (exact) mass is 642 g/mol. The third-order valence-electron chi connectivity index (χ3n) is 4.93. The number of hydrogen-bond donors (Lipinski definition) is 1. The van der Waals surface area contributed by atoms with Gasteiger partial charge in [-0.2, -0.15) is 5.10 Å². The van der Waals surface area contributed by atoms with Gasteiger partial charge in [-0.3, -0.25) is 5.01 Å². The Morgan fingerprint density at radius 1 is 1.03 bits per heavy atom. The molecule has 0 fully saturated rings. The molecule has 1 aliphatic heterocycles. The van der Waals surface area contributed by atoms with Gasteiger partial charge >= 0.3 is 0 Å². The molecule has 0 aliphatic carbocycles. The quantitative estimate of drug-likeness (QED) is 0.289. The van der Waals surface area contributed by atoms with Gasteiger partial charge in [0.1, 0.15) is 10.0 Å². The van der Waals surface area contributed by atoms with Gasteiger partial charge in [-0.15, -0.1) is 12.4 Å². The third-order valence-corrected chi connectivity index (χ3v) is 8.22. The molecule has 0 spiro atoms. The summed E-state index contributed by atoms with van der Waals surface area (Å²) in [6.07, 6.45) is 1.67. The Balaban J connectivity index is 0.00000324. The van der Waals surface area contributed by atoms with Crippen molar-refractivity contribution < 1.29 is 8.42 Å². The van der Waals surface area contributed by atoms with Crippen molar-refractivity contribution in [3.05, 3.63) is 85.0 Å². The van der Waals surface area contributed by atoms with Crippen molar-refractivity contribution in [1.29, 1.82) is 0 Å². The Bertz CT molecular complexity index is 1340. The maximum atomic E-state index is 12.8. The Labute approximate surface area is 231 Å². The molecular formula is C21H16BrCl5N4O2S. The van der Waals surface area contributed by atoms with Crippen LogP contribution in [0.5, 0.6) is 0 Å². The Hall–Kier alpha value is -1.10. The smallest absolute Gasteiger partial charge is 0.242 e. The fourth-order valence-electron chi connectivity index (χ4n) is 3.33. The first-order valence-electron chi connectivity index (χ1n) is 9.51. The van der Waals surface area contributed by atoms with Crippen LogP contribution in [0, 0.1) is 0 Å². The number of anilines is 1. The molecular weight excluding hydrogens is 629 g/mol. The Kier molecular flexibility index (Phi) is 9.14. The van der Waals surface area contributed by atoms with E-state index in [0.717, 1.165) is 5.56 Å². The van der Waals surface area contributed by atoms with E-state index in [0.29, 0.717) is 37.4 Å². The van der Waals surface area contributed by atoms with Crippen molar-refractivity contribution in [2.75, 3.05) is 11.6 Å². The number of sulfonamides is 1. The summed E-state index contributed by atoms with van der Waals surface area (Å²) in [6.45, 7) is 0.00831. The predicted molar refractivity (Wildman–Crippen MR) is 145 cm³/mol. The minimum Gasteiger partial charge on any atom is -0.256 e. The summed E-state index contributed by atoms with van der Waals surface area (Å²) in [5.74, 6) is 0. The maximum absolute atomic E-state index is 12.8. The molecule has 1 N–H and O–H groups in total. The second-order valence-corrected chi connectivity index (χ2v) is 11.4. The number of benzene rings is 2. The molecule has 13 heteroatoms. The lowest BCUT2D eigenvalue weighted by Crippen LogP contribution is -2.29. The highest BCUT2D eigenvalue weighted by molar-refractivity contribution is 9.10. The summed E-state index contributed by atoms with van der Waals surface area (Å²) in [5, 5.41) is 8.17. The van der Waals surface area contributed by atoms with Crippen molar-refractivity contribution in [2.45, 2.75) is 17.4 Å². The molecule has 0 saturated carbocycles. The van der Waals surface area contributed by atoms with E-state index < -0.39 is 10.0 Å². The first kappa shape index (κ1) is 27.5. The van der Waals surface area contributed by atoms with Crippen LogP contribution in [0.25, 0.3) is 0 Å². The molecule has 6 nitrogen and oxygen atoms in total. The van der Waals surface area contributed by atoms with Crippen LogP contribution >= 0.6 is 74.7 Å². The molecule has 1 aromatic heterocycles. The molecule has 34 heavy (non-hydrogen) atoms. The van der Waals surface area contributed by atoms with E-state index in [4.69, 9.17) is 46.4 Å². The van der Waals surface area contributed by atoms with Gasteiger partial charge in [-0.1, -0.05) is 58.5 Å². The van der Waals surface area contributed by atoms with Crippen LogP contribution in [-0.4, -0.2) is 25.7 Å². The first-order chi connectivity index (χ1) is 15.6. The molecule has 1 unspecified atom stereocenters. The zero-order valence-electron chi connectivity index (χ0n) is 17.1. The molecule has 1 atom stereocenters. The average Bonchev–Trinajstić information content (AvgIpc) is 3.19. The maximum Gasteiger partial charge on any atom is 0.242 e. The van der Waals surface area contributed by atoms with Crippen LogP contribution in [-0.2, 0) is 10.0 Å². The van der Waals surface area contributed by atoms with E-state index in [1.54, 1.807) is 35.3 Å². The van der Waals surface area contributed by atoms with E-state index in [2.05, 4.69) is 30.7 Å². The molecule has 0 bridgehead atoms. The lowest BCUT2D eigenvalue weighted by atomic mass is 10.0. The van der Waals surface area contributed by atoms with Gasteiger partial charge in [0.05, 0.1) is 33.5 Å². The van der Waals surface area contributed by atoms with E-state index in [1.165, 1.54) is 12.3 Å². The zero-order chi connectivity index (χ0) is 23.8.